The molecule has 2 atom stereocenters. The summed E-state index contributed by atoms with van der Waals surface area (Å²) in [6.45, 7) is 5.77. The summed E-state index contributed by atoms with van der Waals surface area (Å²) in [4.78, 5) is 0. The molecule has 3 N–H and O–H groups in total. The number of nitrogens with one attached hydrogen (secondary N) is 2. The number of benzene rings is 2. The maximum absolute atomic E-state index is 10.4. The van der Waals surface area contributed by atoms with Gasteiger partial charge in [0.1, 0.15) is 0 Å². The molecule has 0 aromatic heterocycles. The van der Waals surface area contributed by atoms with E-state index < -0.39 is 6.10 Å². The van der Waals surface area contributed by atoms with E-state index in [1.165, 1.54) is 16.7 Å². The van der Waals surface area contributed by atoms with E-state index in [4.69, 9.17) is 0 Å². The summed E-state index contributed by atoms with van der Waals surface area (Å²) in [7, 11) is 1.96. The lowest BCUT2D eigenvalue weighted by molar-refractivity contribution is 0.170. The fourth-order valence-electron chi connectivity index (χ4n) is 2.87. The number of aliphatic hydroxyl groups excluding tert-OH is 1. The predicted molar refractivity (Wildman–Crippen MR) is 101 cm³/mol. The molecule has 0 saturated carbocycles. The first-order chi connectivity index (χ1) is 11.6. The Morgan fingerprint density at radius 2 is 1.71 bits per heavy atom. The summed E-state index contributed by atoms with van der Waals surface area (Å²) in [6, 6.07) is 17.3. The Hall–Kier alpha value is -1.68. The third-order valence-electron chi connectivity index (χ3n) is 4.35. The fourth-order valence-corrected chi connectivity index (χ4v) is 2.87. The SMILES string of the molecule is CCc1cccc(C(O)CNC(C)Cc2ccc(CNC)cc2)c1. The highest BCUT2D eigenvalue weighted by atomic mass is 16.3. The summed E-state index contributed by atoms with van der Waals surface area (Å²) >= 11 is 0. The molecule has 2 aromatic rings. The molecule has 2 rings (SSSR count). The van der Waals surface area contributed by atoms with Crippen LogP contribution in [0.25, 0.3) is 0 Å². The van der Waals surface area contributed by atoms with Crippen LogP contribution in [0.3, 0.4) is 0 Å². The first-order valence-electron chi connectivity index (χ1n) is 8.85. The van der Waals surface area contributed by atoms with Crippen LogP contribution in [-0.2, 0) is 19.4 Å². The summed E-state index contributed by atoms with van der Waals surface area (Å²) in [6.07, 6.45) is 1.49. The molecule has 3 nitrogen and oxygen atoms in total. The topological polar surface area (TPSA) is 44.3 Å². The van der Waals surface area contributed by atoms with Crippen LogP contribution in [0.5, 0.6) is 0 Å². The van der Waals surface area contributed by atoms with Crippen molar-refractivity contribution in [3.8, 4) is 0 Å². The molecule has 0 radical (unpaired) electrons. The third-order valence-corrected chi connectivity index (χ3v) is 4.35. The van der Waals surface area contributed by atoms with Crippen molar-refractivity contribution < 1.29 is 5.11 Å². The van der Waals surface area contributed by atoms with Gasteiger partial charge in [0.15, 0.2) is 0 Å². The van der Waals surface area contributed by atoms with E-state index in [2.05, 4.69) is 60.9 Å². The normalized spacial score (nSPS) is 13.7. The lowest BCUT2D eigenvalue weighted by Crippen LogP contribution is -2.32. The number of aliphatic hydroxyl groups is 1. The summed E-state index contributed by atoms with van der Waals surface area (Å²) in [5, 5.41) is 17.0. The van der Waals surface area contributed by atoms with Crippen molar-refractivity contribution in [1.29, 1.82) is 0 Å². The predicted octanol–water partition coefficient (Wildman–Crippen LogP) is 3.22. The molecule has 0 aliphatic heterocycles. The first kappa shape index (κ1) is 18.7. The van der Waals surface area contributed by atoms with Crippen LogP contribution in [0.4, 0.5) is 0 Å². The highest BCUT2D eigenvalue weighted by Crippen LogP contribution is 2.15. The molecule has 0 spiro atoms. The Kier molecular flexibility index (Phi) is 7.44. The average Bonchev–Trinajstić information content (AvgIpc) is 2.61. The average molecular weight is 326 g/mol. The Morgan fingerprint density at radius 3 is 2.38 bits per heavy atom. The summed E-state index contributed by atoms with van der Waals surface area (Å²) < 4.78 is 0. The Bertz CT molecular complexity index is 609. The van der Waals surface area contributed by atoms with E-state index in [0.29, 0.717) is 12.6 Å². The maximum atomic E-state index is 10.4. The molecular formula is C21H30N2O. The second-order valence-electron chi connectivity index (χ2n) is 6.47. The van der Waals surface area contributed by atoms with Crippen molar-refractivity contribution >= 4 is 0 Å². The minimum absolute atomic E-state index is 0.323. The molecule has 0 fully saturated rings. The van der Waals surface area contributed by atoms with Gasteiger partial charge >= 0.3 is 0 Å². The van der Waals surface area contributed by atoms with E-state index in [0.717, 1.165) is 24.9 Å². The van der Waals surface area contributed by atoms with Crippen molar-refractivity contribution in [2.75, 3.05) is 13.6 Å². The second kappa shape index (κ2) is 9.58. The second-order valence-corrected chi connectivity index (χ2v) is 6.47. The van der Waals surface area contributed by atoms with Crippen molar-refractivity contribution in [2.24, 2.45) is 0 Å². The van der Waals surface area contributed by atoms with Crippen LogP contribution in [0.2, 0.25) is 0 Å². The van der Waals surface area contributed by atoms with Gasteiger partial charge in [0.05, 0.1) is 6.10 Å². The van der Waals surface area contributed by atoms with Crippen LogP contribution in [-0.4, -0.2) is 24.7 Å². The van der Waals surface area contributed by atoms with Crippen LogP contribution < -0.4 is 10.6 Å². The van der Waals surface area contributed by atoms with Crippen LogP contribution in [0.1, 0.15) is 42.2 Å². The molecule has 3 heteroatoms. The smallest absolute Gasteiger partial charge is 0.0914 e. The molecule has 0 aliphatic carbocycles. The number of rotatable bonds is 9. The van der Waals surface area contributed by atoms with E-state index in [1.807, 2.05) is 19.2 Å². The monoisotopic (exact) mass is 326 g/mol. The molecule has 130 valence electrons. The van der Waals surface area contributed by atoms with Gasteiger partial charge in [-0.15, -0.1) is 0 Å². The van der Waals surface area contributed by atoms with Gasteiger partial charge < -0.3 is 15.7 Å². The van der Waals surface area contributed by atoms with Crippen molar-refractivity contribution in [3.05, 3.63) is 70.8 Å². The standard InChI is InChI=1S/C21H30N2O/c1-4-17-6-5-7-20(13-17)21(24)15-23-16(2)12-18-8-10-19(11-9-18)14-22-3/h5-11,13,16,21-24H,4,12,14-15H2,1-3H3. The van der Waals surface area contributed by atoms with E-state index in [-0.39, 0.29) is 0 Å². The fraction of sp³-hybridized carbons (Fsp3) is 0.429. The van der Waals surface area contributed by atoms with Gasteiger partial charge in [-0.25, -0.2) is 0 Å². The number of hydrogen-bond acceptors (Lipinski definition) is 3. The zero-order chi connectivity index (χ0) is 17.4. The number of hydrogen-bond donors (Lipinski definition) is 3. The quantitative estimate of drug-likeness (QED) is 0.663. The van der Waals surface area contributed by atoms with Gasteiger partial charge in [-0.1, -0.05) is 55.5 Å². The van der Waals surface area contributed by atoms with Crippen LogP contribution in [0, 0.1) is 0 Å². The Labute approximate surface area is 146 Å². The van der Waals surface area contributed by atoms with Gasteiger partial charge in [0.2, 0.25) is 0 Å². The highest BCUT2D eigenvalue weighted by Gasteiger charge is 2.10. The van der Waals surface area contributed by atoms with E-state index in [9.17, 15) is 5.11 Å². The maximum Gasteiger partial charge on any atom is 0.0914 e. The van der Waals surface area contributed by atoms with Gasteiger partial charge in [-0.2, -0.15) is 0 Å². The summed E-state index contributed by atoms with van der Waals surface area (Å²) in [5.41, 5.74) is 4.87. The first-order valence-corrected chi connectivity index (χ1v) is 8.85. The third kappa shape index (κ3) is 5.75. The molecule has 2 aromatic carbocycles. The zero-order valence-electron chi connectivity index (χ0n) is 15.0. The molecular weight excluding hydrogens is 296 g/mol. The molecule has 0 aliphatic rings. The zero-order valence-corrected chi connectivity index (χ0v) is 15.0. The lowest BCUT2D eigenvalue weighted by atomic mass is 10.0. The lowest BCUT2D eigenvalue weighted by Gasteiger charge is -2.18. The number of aryl methyl sites for hydroxylation is 1. The van der Waals surface area contributed by atoms with Gasteiger partial charge in [-0.05, 0) is 49.1 Å². The van der Waals surface area contributed by atoms with Crippen LogP contribution >= 0.6 is 0 Å². The van der Waals surface area contributed by atoms with Crippen molar-refractivity contribution in [2.45, 2.75) is 45.4 Å². The minimum Gasteiger partial charge on any atom is -0.387 e. The Morgan fingerprint density at radius 1 is 1.00 bits per heavy atom. The largest absolute Gasteiger partial charge is 0.387 e. The molecule has 0 saturated heterocycles. The van der Waals surface area contributed by atoms with Crippen molar-refractivity contribution in [1.82, 2.24) is 10.6 Å². The molecule has 0 amide bonds. The molecule has 2 unspecified atom stereocenters. The van der Waals surface area contributed by atoms with Gasteiger partial charge in [0, 0.05) is 19.1 Å². The van der Waals surface area contributed by atoms with E-state index >= 15 is 0 Å². The highest BCUT2D eigenvalue weighted by molar-refractivity contribution is 5.25. The van der Waals surface area contributed by atoms with Gasteiger partial charge in [0.25, 0.3) is 0 Å². The summed E-state index contributed by atoms with van der Waals surface area (Å²) in [5.74, 6) is 0. The van der Waals surface area contributed by atoms with Gasteiger partial charge in [-0.3, -0.25) is 0 Å². The van der Waals surface area contributed by atoms with E-state index in [1.54, 1.807) is 0 Å². The minimum atomic E-state index is -0.461. The van der Waals surface area contributed by atoms with Crippen molar-refractivity contribution in [3.63, 3.8) is 0 Å². The molecule has 0 heterocycles. The molecule has 0 bridgehead atoms. The van der Waals surface area contributed by atoms with Crippen LogP contribution in [0.15, 0.2) is 48.5 Å². The molecule has 24 heavy (non-hydrogen) atoms. The Balaban J connectivity index is 1.82.